The third-order valence-electron chi connectivity index (χ3n) is 5.06. The minimum atomic E-state index is 0.189. The molecular weight excluding hydrogens is 386 g/mol. The van der Waals surface area contributed by atoms with Crippen LogP contribution < -0.4 is 0 Å². The van der Waals surface area contributed by atoms with E-state index in [1.807, 2.05) is 40.1 Å². The molecule has 0 bridgehead atoms. The van der Waals surface area contributed by atoms with Gasteiger partial charge in [0, 0.05) is 12.4 Å². The summed E-state index contributed by atoms with van der Waals surface area (Å²) in [6, 6.07) is 11.2. The van der Waals surface area contributed by atoms with E-state index in [1.54, 1.807) is 0 Å². The van der Waals surface area contributed by atoms with E-state index in [2.05, 4.69) is 118 Å². The lowest BCUT2D eigenvalue weighted by atomic mass is 9.81. The first-order valence-electron chi connectivity index (χ1n) is 12.5. The number of hydrogen-bond acceptors (Lipinski definition) is 1. The van der Waals surface area contributed by atoms with E-state index in [4.69, 9.17) is 0 Å². The molecule has 1 aromatic carbocycles. The third kappa shape index (κ3) is 11.8. The predicted octanol–water partition coefficient (Wildman–Crippen LogP) is 10.0. The molecule has 0 aliphatic carbocycles. The molecule has 0 aliphatic heterocycles. The lowest BCUT2D eigenvalue weighted by Crippen LogP contribution is -2.16. The zero-order chi connectivity index (χ0) is 26.0. The van der Waals surface area contributed by atoms with Crippen molar-refractivity contribution in [1.29, 1.82) is 0 Å². The molecule has 0 saturated heterocycles. The van der Waals surface area contributed by atoms with Gasteiger partial charge in [-0.25, -0.2) is 0 Å². The van der Waals surface area contributed by atoms with Crippen molar-refractivity contribution in [2.45, 2.75) is 132 Å². The second-order valence-corrected chi connectivity index (χ2v) is 12.0. The van der Waals surface area contributed by atoms with Crippen LogP contribution in [0.2, 0.25) is 0 Å². The second-order valence-electron chi connectivity index (χ2n) is 12.0. The minimum Gasteiger partial charge on any atom is -0.264 e. The first-order valence-corrected chi connectivity index (χ1v) is 12.5. The third-order valence-corrected chi connectivity index (χ3v) is 5.06. The maximum absolute atomic E-state index is 4.32. The van der Waals surface area contributed by atoms with Gasteiger partial charge in [-0.3, -0.25) is 4.98 Å². The van der Waals surface area contributed by atoms with Crippen LogP contribution in [-0.4, -0.2) is 4.98 Å². The summed E-state index contributed by atoms with van der Waals surface area (Å²) in [5.41, 5.74) is 6.34. The second kappa shape index (κ2) is 13.2. The first kappa shape index (κ1) is 32.5. The van der Waals surface area contributed by atoms with Crippen molar-refractivity contribution < 1.29 is 0 Å². The smallest absolute Gasteiger partial charge is 0.0305 e. The summed E-state index contributed by atoms with van der Waals surface area (Å²) in [5, 5.41) is 0. The SMILES string of the molecule is CC.CC.CC(C)(C)c1cccc(C(C)(C)C)c1.CC(C)(C)c1cncc(C(C)(C)C)c1. The predicted molar refractivity (Wildman–Crippen MR) is 148 cm³/mol. The van der Waals surface area contributed by atoms with Crippen LogP contribution >= 0.6 is 0 Å². The highest BCUT2D eigenvalue weighted by Crippen LogP contribution is 2.29. The van der Waals surface area contributed by atoms with E-state index in [1.165, 1.54) is 22.3 Å². The first-order chi connectivity index (χ1) is 14.4. The Morgan fingerprint density at radius 3 is 0.938 bits per heavy atom. The van der Waals surface area contributed by atoms with Crippen molar-refractivity contribution in [3.05, 3.63) is 65.0 Å². The van der Waals surface area contributed by atoms with Gasteiger partial charge in [0.15, 0.2) is 0 Å². The quantitative estimate of drug-likeness (QED) is 0.396. The molecule has 0 N–H and O–H groups in total. The van der Waals surface area contributed by atoms with E-state index in [0.29, 0.717) is 0 Å². The van der Waals surface area contributed by atoms with E-state index >= 15 is 0 Å². The molecule has 1 heterocycles. The highest BCUT2D eigenvalue weighted by atomic mass is 14.6. The molecule has 0 fully saturated rings. The minimum absolute atomic E-state index is 0.189. The summed E-state index contributed by atoms with van der Waals surface area (Å²) in [6.07, 6.45) is 3.94. The highest BCUT2D eigenvalue weighted by molar-refractivity contribution is 5.32. The van der Waals surface area contributed by atoms with Gasteiger partial charge in [0.25, 0.3) is 0 Å². The standard InChI is InChI=1S/C14H22.C13H21N.2C2H6/c1-13(2,3)11-8-7-9-12(10-11)14(4,5)6;1-12(2,3)10-7-11(9-14-8-10)13(4,5)6;2*1-2/h7-10H,1-6H3;7-9H,1-6H3;2*1-2H3. The maximum Gasteiger partial charge on any atom is 0.0305 e. The molecule has 0 atom stereocenters. The van der Waals surface area contributed by atoms with E-state index in [-0.39, 0.29) is 21.7 Å². The van der Waals surface area contributed by atoms with Gasteiger partial charge in [0.05, 0.1) is 0 Å². The van der Waals surface area contributed by atoms with Crippen molar-refractivity contribution in [2.75, 3.05) is 0 Å². The van der Waals surface area contributed by atoms with Crippen molar-refractivity contribution in [2.24, 2.45) is 0 Å². The Morgan fingerprint density at radius 2 is 0.688 bits per heavy atom. The Hall–Kier alpha value is -1.63. The highest BCUT2D eigenvalue weighted by Gasteiger charge is 2.19. The normalized spacial score (nSPS) is 11.8. The molecule has 2 aromatic rings. The molecule has 0 unspecified atom stereocenters. The van der Waals surface area contributed by atoms with Gasteiger partial charge in [0.2, 0.25) is 0 Å². The van der Waals surface area contributed by atoms with Gasteiger partial charge in [-0.05, 0) is 43.9 Å². The van der Waals surface area contributed by atoms with Crippen LogP contribution in [0, 0.1) is 0 Å². The number of hydrogen-bond donors (Lipinski definition) is 0. The van der Waals surface area contributed by atoms with Gasteiger partial charge >= 0.3 is 0 Å². The van der Waals surface area contributed by atoms with Gasteiger partial charge in [-0.15, -0.1) is 0 Å². The molecule has 0 aliphatic rings. The van der Waals surface area contributed by atoms with Crippen molar-refractivity contribution in [3.8, 4) is 0 Å². The molecule has 1 nitrogen and oxygen atoms in total. The lowest BCUT2D eigenvalue weighted by molar-refractivity contribution is 0.563. The van der Waals surface area contributed by atoms with Crippen molar-refractivity contribution in [1.82, 2.24) is 4.98 Å². The number of pyridine rings is 1. The van der Waals surface area contributed by atoms with Crippen LogP contribution in [0.4, 0.5) is 0 Å². The molecule has 32 heavy (non-hydrogen) atoms. The Bertz CT molecular complexity index is 631. The molecule has 0 spiro atoms. The van der Waals surface area contributed by atoms with Gasteiger partial charge in [-0.2, -0.15) is 0 Å². The fourth-order valence-corrected chi connectivity index (χ4v) is 2.71. The molecule has 1 aromatic heterocycles. The fraction of sp³-hybridized carbons (Fsp3) is 0.645. The molecule has 2 rings (SSSR count). The van der Waals surface area contributed by atoms with Crippen molar-refractivity contribution in [3.63, 3.8) is 0 Å². The maximum atomic E-state index is 4.32. The Balaban J connectivity index is 0. The summed E-state index contributed by atoms with van der Waals surface area (Å²) in [4.78, 5) is 4.32. The van der Waals surface area contributed by atoms with Crippen LogP contribution in [0.25, 0.3) is 0 Å². The van der Waals surface area contributed by atoms with E-state index in [0.717, 1.165) is 0 Å². The average Bonchev–Trinajstić information content (AvgIpc) is 2.69. The number of benzene rings is 1. The Kier molecular flexibility index (Phi) is 13.4. The van der Waals surface area contributed by atoms with E-state index < -0.39 is 0 Å². The summed E-state index contributed by atoms with van der Waals surface area (Å²) >= 11 is 0. The molecule has 0 radical (unpaired) electrons. The monoisotopic (exact) mass is 441 g/mol. The molecule has 0 saturated carbocycles. The average molecular weight is 442 g/mol. The van der Waals surface area contributed by atoms with Crippen LogP contribution in [0.15, 0.2) is 42.7 Å². The number of nitrogens with zero attached hydrogens (tertiary/aromatic N) is 1. The summed E-state index contributed by atoms with van der Waals surface area (Å²) < 4.78 is 0. The molecule has 0 amide bonds. The number of aromatic nitrogens is 1. The molecule has 1 heteroatoms. The van der Waals surface area contributed by atoms with Crippen LogP contribution in [0.3, 0.4) is 0 Å². The van der Waals surface area contributed by atoms with Crippen LogP contribution in [-0.2, 0) is 21.7 Å². The largest absolute Gasteiger partial charge is 0.264 e. The van der Waals surface area contributed by atoms with Crippen LogP contribution in [0.1, 0.15) is 133 Å². The Labute approximate surface area is 202 Å². The molecule has 184 valence electrons. The lowest BCUT2D eigenvalue weighted by Gasteiger charge is -2.24. The fourth-order valence-electron chi connectivity index (χ4n) is 2.71. The summed E-state index contributed by atoms with van der Waals surface area (Å²) in [6.45, 7) is 34.9. The Morgan fingerprint density at radius 1 is 0.438 bits per heavy atom. The van der Waals surface area contributed by atoms with Gasteiger partial charge < -0.3 is 0 Å². The zero-order valence-electron chi connectivity index (χ0n) is 24.5. The topological polar surface area (TPSA) is 12.9 Å². The zero-order valence-corrected chi connectivity index (χ0v) is 24.5. The van der Waals surface area contributed by atoms with Crippen molar-refractivity contribution >= 4 is 0 Å². The molecular formula is C31H55N. The van der Waals surface area contributed by atoms with Crippen LogP contribution in [0.5, 0.6) is 0 Å². The van der Waals surface area contributed by atoms with Gasteiger partial charge in [-0.1, -0.05) is 141 Å². The summed E-state index contributed by atoms with van der Waals surface area (Å²) in [5.74, 6) is 0. The van der Waals surface area contributed by atoms with Gasteiger partial charge in [0.1, 0.15) is 0 Å². The number of rotatable bonds is 0. The summed E-state index contributed by atoms with van der Waals surface area (Å²) in [7, 11) is 0. The van der Waals surface area contributed by atoms with E-state index in [9.17, 15) is 0 Å².